The van der Waals surface area contributed by atoms with E-state index >= 15 is 0 Å². The van der Waals surface area contributed by atoms with Gasteiger partial charge in [0.25, 0.3) is 0 Å². The number of rotatable bonds is 8. The molecule has 0 saturated carbocycles. The second-order valence-electron chi connectivity index (χ2n) is 8.61. The van der Waals surface area contributed by atoms with Crippen molar-refractivity contribution >= 4 is 35.2 Å². The number of amides is 4. The van der Waals surface area contributed by atoms with Crippen LogP contribution < -0.4 is 20.9 Å². The average molecular weight is 503 g/mol. The summed E-state index contributed by atoms with van der Waals surface area (Å²) in [4.78, 5) is 51.9. The normalized spacial score (nSPS) is 14.1. The number of carboxylic acids is 1. The number of anilines is 2. The Morgan fingerprint density at radius 2 is 1.46 bits per heavy atom. The average Bonchev–Trinajstić information content (AvgIpc) is 2.89. The lowest BCUT2D eigenvalue weighted by Crippen LogP contribution is -2.56. The van der Waals surface area contributed by atoms with E-state index in [1.54, 1.807) is 60.7 Å². The summed E-state index contributed by atoms with van der Waals surface area (Å²) in [5.41, 5.74) is 2.31. The maximum Gasteiger partial charge on any atom is 0.326 e. The number of nitrogens with zero attached hydrogens (tertiary/aromatic N) is 1. The molecule has 1 aliphatic rings. The lowest BCUT2D eigenvalue weighted by molar-refractivity contribution is -0.142. The highest BCUT2D eigenvalue weighted by Crippen LogP contribution is 2.28. The lowest BCUT2D eigenvalue weighted by Gasteiger charge is -2.31. The summed E-state index contributed by atoms with van der Waals surface area (Å²) in [6, 6.07) is 18.7. The standard InChI is InChI=1S/C27H26N4O6/c32-19-12-10-18(11-13-19)15-22(26(35)36)29-25(34)21(14-17-6-2-1-3-7-17)30-27(37)31-16-24(33)28-20-8-4-5-9-23(20)31/h1-13,21-22,32H,14-16H2,(H,28,33)(H,29,34)(H,30,37)(H,35,36)/t21-,22-/m0/s1. The van der Waals surface area contributed by atoms with Crippen molar-refractivity contribution in [1.82, 2.24) is 10.6 Å². The number of carbonyl (C=O) groups is 4. The summed E-state index contributed by atoms with van der Waals surface area (Å²) in [5, 5.41) is 27.1. The van der Waals surface area contributed by atoms with Crippen molar-refractivity contribution in [2.45, 2.75) is 24.9 Å². The summed E-state index contributed by atoms with van der Waals surface area (Å²) in [6.07, 6.45) is 0.0820. The fourth-order valence-electron chi connectivity index (χ4n) is 4.04. The van der Waals surface area contributed by atoms with Crippen molar-refractivity contribution in [3.05, 3.63) is 90.0 Å². The third-order valence-corrected chi connectivity index (χ3v) is 5.90. The zero-order chi connectivity index (χ0) is 26.4. The van der Waals surface area contributed by atoms with Crippen LogP contribution in [0.15, 0.2) is 78.9 Å². The predicted octanol–water partition coefficient (Wildman–Crippen LogP) is 2.28. The minimum absolute atomic E-state index is 0.0208. The van der Waals surface area contributed by atoms with Crippen molar-refractivity contribution in [3.8, 4) is 5.75 Å². The predicted molar refractivity (Wildman–Crippen MR) is 136 cm³/mol. The van der Waals surface area contributed by atoms with Gasteiger partial charge in [-0.25, -0.2) is 9.59 Å². The highest BCUT2D eigenvalue weighted by molar-refractivity contribution is 6.10. The number of hydrogen-bond acceptors (Lipinski definition) is 5. The maximum atomic E-state index is 13.3. The van der Waals surface area contributed by atoms with E-state index in [0.717, 1.165) is 5.56 Å². The van der Waals surface area contributed by atoms with E-state index < -0.39 is 30.0 Å². The molecule has 190 valence electrons. The first kappa shape index (κ1) is 25.2. The van der Waals surface area contributed by atoms with Gasteiger partial charge >= 0.3 is 12.0 Å². The van der Waals surface area contributed by atoms with Crippen LogP contribution in [0, 0.1) is 0 Å². The van der Waals surface area contributed by atoms with E-state index in [-0.39, 0.29) is 31.0 Å². The summed E-state index contributed by atoms with van der Waals surface area (Å²) in [5.74, 6) is -2.26. The number of urea groups is 1. The second kappa shape index (κ2) is 11.3. The van der Waals surface area contributed by atoms with Gasteiger partial charge in [-0.2, -0.15) is 0 Å². The molecule has 37 heavy (non-hydrogen) atoms. The van der Waals surface area contributed by atoms with E-state index in [4.69, 9.17) is 0 Å². The minimum atomic E-state index is -1.27. The molecule has 10 heteroatoms. The molecule has 0 bridgehead atoms. The van der Waals surface area contributed by atoms with Gasteiger partial charge in [0.2, 0.25) is 11.8 Å². The summed E-state index contributed by atoms with van der Waals surface area (Å²) in [6.45, 7) is -0.235. The van der Waals surface area contributed by atoms with Crippen LogP contribution in [-0.4, -0.2) is 52.7 Å². The molecule has 0 spiro atoms. The lowest BCUT2D eigenvalue weighted by atomic mass is 10.0. The molecule has 0 aromatic heterocycles. The van der Waals surface area contributed by atoms with Gasteiger partial charge in [-0.1, -0.05) is 54.6 Å². The van der Waals surface area contributed by atoms with Gasteiger partial charge in [-0.3, -0.25) is 14.5 Å². The number of aromatic hydroxyl groups is 1. The maximum absolute atomic E-state index is 13.3. The summed E-state index contributed by atoms with van der Waals surface area (Å²) in [7, 11) is 0. The zero-order valence-electron chi connectivity index (χ0n) is 19.8. The van der Waals surface area contributed by atoms with Crippen LogP contribution in [0.25, 0.3) is 0 Å². The van der Waals surface area contributed by atoms with Crippen molar-refractivity contribution in [2.24, 2.45) is 0 Å². The molecule has 0 fully saturated rings. The van der Waals surface area contributed by atoms with Crippen molar-refractivity contribution < 1.29 is 29.4 Å². The fraction of sp³-hybridized carbons (Fsp3) is 0.185. The second-order valence-corrected chi connectivity index (χ2v) is 8.61. The molecule has 3 aromatic carbocycles. The quantitative estimate of drug-likeness (QED) is 0.319. The van der Waals surface area contributed by atoms with Gasteiger partial charge in [0.15, 0.2) is 0 Å². The summed E-state index contributed by atoms with van der Waals surface area (Å²) < 4.78 is 0. The SMILES string of the molecule is O=C1CN(C(=O)N[C@@H](Cc2ccccc2)C(=O)N[C@@H](Cc2ccc(O)cc2)C(=O)O)c2ccccc2N1. The molecule has 0 unspecified atom stereocenters. The molecule has 0 radical (unpaired) electrons. The largest absolute Gasteiger partial charge is 0.508 e. The molecular formula is C27H26N4O6. The van der Waals surface area contributed by atoms with Crippen LogP contribution in [0.4, 0.5) is 16.2 Å². The van der Waals surface area contributed by atoms with Crippen LogP contribution >= 0.6 is 0 Å². The number of aliphatic carboxylic acids is 1. The number of carbonyl (C=O) groups excluding carboxylic acids is 3. The molecule has 0 saturated heterocycles. The number of fused-ring (bicyclic) bond motifs is 1. The Hall–Kier alpha value is -4.86. The Morgan fingerprint density at radius 3 is 2.16 bits per heavy atom. The Labute approximate surface area is 212 Å². The number of phenols is 1. The van der Waals surface area contributed by atoms with Crippen molar-refractivity contribution in [2.75, 3.05) is 16.8 Å². The van der Waals surface area contributed by atoms with Crippen LogP contribution in [0.1, 0.15) is 11.1 Å². The van der Waals surface area contributed by atoms with Gasteiger partial charge in [-0.05, 0) is 35.4 Å². The molecular weight excluding hydrogens is 476 g/mol. The molecule has 1 heterocycles. The Kier molecular flexibility index (Phi) is 7.68. The van der Waals surface area contributed by atoms with Crippen LogP contribution in [-0.2, 0) is 27.2 Å². The van der Waals surface area contributed by atoms with Gasteiger partial charge in [0, 0.05) is 12.8 Å². The third-order valence-electron chi connectivity index (χ3n) is 5.90. The topological polar surface area (TPSA) is 148 Å². The smallest absolute Gasteiger partial charge is 0.326 e. The van der Waals surface area contributed by atoms with Crippen LogP contribution in [0.3, 0.4) is 0 Å². The van der Waals surface area contributed by atoms with Crippen LogP contribution in [0.2, 0.25) is 0 Å². The Bertz CT molecular complexity index is 1300. The molecule has 1 aliphatic heterocycles. The van der Waals surface area contributed by atoms with Gasteiger partial charge in [0.05, 0.1) is 11.4 Å². The van der Waals surface area contributed by atoms with E-state index in [0.29, 0.717) is 16.9 Å². The highest BCUT2D eigenvalue weighted by atomic mass is 16.4. The fourth-order valence-corrected chi connectivity index (χ4v) is 4.04. The number of nitrogens with one attached hydrogen (secondary N) is 3. The zero-order valence-corrected chi connectivity index (χ0v) is 19.8. The number of phenolic OH excluding ortho intramolecular Hbond substituents is 1. The van der Waals surface area contributed by atoms with E-state index in [2.05, 4.69) is 16.0 Å². The van der Waals surface area contributed by atoms with Gasteiger partial charge < -0.3 is 26.2 Å². The molecule has 0 aliphatic carbocycles. The van der Waals surface area contributed by atoms with E-state index in [1.165, 1.54) is 17.0 Å². The van der Waals surface area contributed by atoms with Crippen LogP contribution in [0.5, 0.6) is 5.75 Å². The first-order valence-electron chi connectivity index (χ1n) is 11.6. The molecule has 2 atom stereocenters. The molecule has 4 amide bonds. The first-order chi connectivity index (χ1) is 17.8. The highest BCUT2D eigenvalue weighted by Gasteiger charge is 2.31. The first-order valence-corrected chi connectivity index (χ1v) is 11.6. The molecule has 5 N–H and O–H groups in total. The Morgan fingerprint density at radius 1 is 0.838 bits per heavy atom. The number of benzene rings is 3. The van der Waals surface area contributed by atoms with Crippen molar-refractivity contribution in [3.63, 3.8) is 0 Å². The number of para-hydroxylation sites is 2. The molecule has 3 aromatic rings. The number of hydrogen-bond donors (Lipinski definition) is 5. The van der Waals surface area contributed by atoms with E-state index in [1.807, 2.05) is 6.07 Å². The summed E-state index contributed by atoms with van der Waals surface area (Å²) >= 11 is 0. The third kappa shape index (κ3) is 6.43. The Balaban J connectivity index is 1.54. The molecule has 10 nitrogen and oxygen atoms in total. The van der Waals surface area contributed by atoms with E-state index in [9.17, 15) is 29.4 Å². The molecule has 4 rings (SSSR count). The monoisotopic (exact) mass is 502 g/mol. The van der Waals surface area contributed by atoms with Gasteiger partial charge in [-0.15, -0.1) is 0 Å². The van der Waals surface area contributed by atoms with Crippen molar-refractivity contribution in [1.29, 1.82) is 0 Å². The minimum Gasteiger partial charge on any atom is -0.508 e. The number of carboxylic acid groups (broad SMARTS) is 1. The van der Waals surface area contributed by atoms with Gasteiger partial charge in [0.1, 0.15) is 24.4 Å².